The summed E-state index contributed by atoms with van der Waals surface area (Å²) >= 11 is 3.40. The number of carbonyl (C=O) groups is 1. The van der Waals surface area contributed by atoms with Crippen LogP contribution in [0, 0.1) is 0 Å². The van der Waals surface area contributed by atoms with Gasteiger partial charge in [0.1, 0.15) is 6.04 Å². The van der Waals surface area contributed by atoms with Crippen LogP contribution < -0.4 is 10.2 Å². The standard InChI is InChI=1S/C19H21BrN2O/c20-17-10-8-16(9-11-17)19(23)21-14-18(22-12-4-5-13-22)15-6-2-1-3-7-15/h1-3,6-11,18H,4-5,12-14H2,(H,21,23)/p+1/t18-/m0/s1. The van der Waals surface area contributed by atoms with Crippen molar-refractivity contribution >= 4 is 21.8 Å². The van der Waals surface area contributed by atoms with Gasteiger partial charge in [-0.15, -0.1) is 0 Å². The first kappa shape index (κ1) is 16.2. The molecule has 1 atom stereocenters. The van der Waals surface area contributed by atoms with Crippen LogP contribution >= 0.6 is 15.9 Å². The summed E-state index contributed by atoms with van der Waals surface area (Å²) in [5.41, 5.74) is 2.01. The first-order valence-corrected chi connectivity index (χ1v) is 8.96. The molecule has 120 valence electrons. The van der Waals surface area contributed by atoms with Crippen LogP contribution in [0.5, 0.6) is 0 Å². The van der Waals surface area contributed by atoms with Crippen molar-refractivity contribution in [1.82, 2.24) is 5.32 Å². The number of amides is 1. The number of quaternary nitrogens is 1. The lowest BCUT2D eigenvalue weighted by Gasteiger charge is -2.25. The van der Waals surface area contributed by atoms with Gasteiger partial charge < -0.3 is 10.2 Å². The number of rotatable bonds is 5. The van der Waals surface area contributed by atoms with Gasteiger partial charge in [0, 0.05) is 28.4 Å². The third kappa shape index (κ3) is 4.21. The maximum atomic E-state index is 12.4. The normalized spacial score (nSPS) is 16.2. The van der Waals surface area contributed by atoms with Crippen molar-refractivity contribution in [2.75, 3.05) is 19.6 Å². The molecule has 3 rings (SSSR count). The third-order valence-electron chi connectivity index (χ3n) is 4.51. The van der Waals surface area contributed by atoms with Gasteiger partial charge in [-0.1, -0.05) is 46.3 Å². The Kier molecular flexibility index (Phi) is 5.47. The molecule has 1 amide bonds. The van der Waals surface area contributed by atoms with Gasteiger partial charge in [0.15, 0.2) is 0 Å². The molecule has 23 heavy (non-hydrogen) atoms. The van der Waals surface area contributed by atoms with Crippen LogP contribution in [0.1, 0.15) is 34.8 Å². The number of benzene rings is 2. The Morgan fingerprint density at radius 2 is 1.70 bits per heavy atom. The zero-order valence-electron chi connectivity index (χ0n) is 13.1. The van der Waals surface area contributed by atoms with E-state index in [0.717, 1.165) is 4.47 Å². The molecular weight excluding hydrogens is 352 g/mol. The summed E-state index contributed by atoms with van der Waals surface area (Å²) in [6.07, 6.45) is 2.55. The summed E-state index contributed by atoms with van der Waals surface area (Å²) in [4.78, 5) is 13.9. The fourth-order valence-corrected chi connectivity index (χ4v) is 3.52. The fourth-order valence-electron chi connectivity index (χ4n) is 3.26. The molecule has 3 nitrogen and oxygen atoms in total. The molecule has 1 fully saturated rings. The highest BCUT2D eigenvalue weighted by Gasteiger charge is 2.27. The lowest BCUT2D eigenvalue weighted by atomic mass is 10.1. The highest BCUT2D eigenvalue weighted by atomic mass is 79.9. The first-order chi connectivity index (χ1) is 11.2. The molecule has 2 aromatic rings. The van der Waals surface area contributed by atoms with E-state index in [-0.39, 0.29) is 5.91 Å². The molecule has 1 aliphatic rings. The Labute approximate surface area is 145 Å². The molecule has 0 spiro atoms. The average Bonchev–Trinajstić information content (AvgIpc) is 3.11. The summed E-state index contributed by atoms with van der Waals surface area (Å²) in [5.74, 6) is -0.00275. The van der Waals surface area contributed by atoms with Gasteiger partial charge >= 0.3 is 0 Å². The molecule has 0 bridgehead atoms. The zero-order valence-corrected chi connectivity index (χ0v) is 14.7. The molecule has 0 aliphatic carbocycles. The highest BCUT2D eigenvalue weighted by Crippen LogP contribution is 2.12. The highest BCUT2D eigenvalue weighted by molar-refractivity contribution is 9.10. The molecule has 0 unspecified atom stereocenters. The lowest BCUT2D eigenvalue weighted by molar-refractivity contribution is -0.918. The summed E-state index contributed by atoms with van der Waals surface area (Å²) in [6.45, 7) is 3.05. The van der Waals surface area contributed by atoms with E-state index in [1.807, 2.05) is 30.3 Å². The fraction of sp³-hybridized carbons (Fsp3) is 0.316. The second-order valence-corrected chi connectivity index (χ2v) is 6.96. The van der Waals surface area contributed by atoms with Crippen LogP contribution in [0.15, 0.2) is 59.1 Å². The van der Waals surface area contributed by atoms with E-state index in [9.17, 15) is 4.79 Å². The van der Waals surface area contributed by atoms with Gasteiger partial charge in [0.05, 0.1) is 19.6 Å². The number of hydrogen-bond donors (Lipinski definition) is 2. The summed E-state index contributed by atoms with van der Waals surface area (Å²) in [5, 5.41) is 3.12. The van der Waals surface area contributed by atoms with Crippen LogP contribution in [-0.4, -0.2) is 25.5 Å². The zero-order chi connectivity index (χ0) is 16.1. The maximum absolute atomic E-state index is 12.4. The molecule has 0 aromatic heterocycles. The summed E-state index contributed by atoms with van der Waals surface area (Å²) in [7, 11) is 0. The monoisotopic (exact) mass is 373 g/mol. The summed E-state index contributed by atoms with van der Waals surface area (Å²) in [6, 6.07) is 18.4. The van der Waals surface area contributed by atoms with Crippen molar-refractivity contribution in [2.45, 2.75) is 18.9 Å². The van der Waals surface area contributed by atoms with E-state index in [1.54, 1.807) is 4.90 Å². The van der Waals surface area contributed by atoms with Crippen molar-refractivity contribution in [3.63, 3.8) is 0 Å². The molecule has 1 saturated heterocycles. The van der Waals surface area contributed by atoms with E-state index in [0.29, 0.717) is 18.2 Å². The van der Waals surface area contributed by atoms with E-state index in [4.69, 9.17) is 0 Å². The van der Waals surface area contributed by atoms with E-state index < -0.39 is 0 Å². The average molecular weight is 374 g/mol. The molecule has 2 N–H and O–H groups in total. The minimum absolute atomic E-state index is 0.00275. The number of likely N-dealkylation sites (tertiary alicyclic amines) is 1. The van der Waals surface area contributed by atoms with Crippen molar-refractivity contribution in [3.05, 3.63) is 70.2 Å². The predicted octanol–water partition coefficient (Wildman–Crippen LogP) is 2.60. The number of hydrogen-bond acceptors (Lipinski definition) is 1. The van der Waals surface area contributed by atoms with Gasteiger partial charge in [0.2, 0.25) is 0 Å². The largest absolute Gasteiger partial charge is 0.346 e. The third-order valence-corrected chi connectivity index (χ3v) is 5.04. The molecule has 1 aliphatic heterocycles. The Balaban J connectivity index is 1.69. The Morgan fingerprint density at radius 1 is 1.04 bits per heavy atom. The molecule has 1 heterocycles. The molecule has 0 radical (unpaired) electrons. The Bertz CT molecular complexity index is 636. The van der Waals surface area contributed by atoms with Gasteiger partial charge in [-0.3, -0.25) is 4.79 Å². The molecule has 0 saturated carbocycles. The second-order valence-electron chi connectivity index (χ2n) is 6.05. The SMILES string of the molecule is O=C(NC[C@@H](c1ccccc1)[NH+]1CCCC1)c1ccc(Br)cc1. The van der Waals surface area contributed by atoms with E-state index in [1.165, 1.54) is 31.5 Å². The van der Waals surface area contributed by atoms with Crippen LogP contribution in [-0.2, 0) is 0 Å². The Hall–Kier alpha value is -1.65. The smallest absolute Gasteiger partial charge is 0.251 e. The van der Waals surface area contributed by atoms with E-state index in [2.05, 4.69) is 45.5 Å². The van der Waals surface area contributed by atoms with Gasteiger partial charge in [-0.05, 0) is 24.3 Å². The van der Waals surface area contributed by atoms with Crippen molar-refractivity contribution in [2.24, 2.45) is 0 Å². The maximum Gasteiger partial charge on any atom is 0.251 e. The van der Waals surface area contributed by atoms with Gasteiger partial charge in [0.25, 0.3) is 5.91 Å². The second kappa shape index (κ2) is 7.75. The van der Waals surface area contributed by atoms with Crippen LogP contribution in [0.2, 0.25) is 0 Å². The topological polar surface area (TPSA) is 33.5 Å². The minimum atomic E-state index is -0.00275. The van der Waals surface area contributed by atoms with Crippen LogP contribution in [0.25, 0.3) is 0 Å². The van der Waals surface area contributed by atoms with Crippen molar-refractivity contribution < 1.29 is 9.69 Å². The number of carbonyl (C=O) groups excluding carboxylic acids is 1. The van der Waals surface area contributed by atoms with Crippen molar-refractivity contribution in [1.29, 1.82) is 0 Å². The van der Waals surface area contributed by atoms with Gasteiger partial charge in [-0.2, -0.15) is 0 Å². The molecule has 2 aromatic carbocycles. The quantitative estimate of drug-likeness (QED) is 0.829. The van der Waals surface area contributed by atoms with Crippen LogP contribution in [0.4, 0.5) is 0 Å². The van der Waals surface area contributed by atoms with Crippen LogP contribution in [0.3, 0.4) is 0 Å². The molecular formula is C19H22BrN2O+. The predicted molar refractivity (Wildman–Crippen MR) is 95.6 cm³/mol. The number of halogens is 1. The first-order valence-electron chi connectivity index (χ1n) is 8.17. The minimum Gasteiger partial charge on any atom is -0.346 e. The number of nitrogens with one attached hydrogen (secondary N) is 2. The van der Waals surface area contributed by atoms with Gasteiger partial charge in [-0.25, -0.2) is 0 Å². The lowest BCUT2D eigenvalue weighted by Crippen LogP contribution is -3.11. The summed E-state index contributed by atoms with van der Waals surface area (Å²) < 4.78 is 0.984. The Morgan fingerprint density at radius 3 is 2.35 bits per heavy atom. The molecule has 4 heteroatoms. The van der Waals surface area contributed by atoms with E-state index >= 15 is 0 Å². The van der Waals surface area contributed by atoms with Crippen molar-refractivity contribution in [3.8, 4) is 0 Å².